The molecule has 0 saturated heterocycles. The van der Waals surface area contributed by atoms with E-state index in [1.165, 1.54) is 7.11 Å². The van der Waals surface area contributed by atoms with E-state index in [2.05, 4.69) is 12.1 Å². The fourth-order valence-electron chi connectivity index (χ4n) is 2.81. The Kier molecular flexibility index (Phi) is 4.94. The largest absolute Gasteiger partial charge is 0.497 e. The maximum absolute atomic E-state index is 9.81. The van der Waals surface area contributed by atoms with Crippen LogP contribution in [-0.4, -0.2) is 14.2 Å². The van der Waals surface area contributed by atoms with Crippen LogP contribution in [0.4, 0.5) is 0 Å². The van der Waals surface area contributed by atoms with Gasteiger partial charge in [-0.15, -0.1) is 0 Å². The van der Waals surface area contributed by atoms with Crippen molar-refractivity contribution in [2.45, 2.75) is 26.7 Å². The number of methoxy groups -OCH3 is 2. The van der Waals surface area contributed by atoms with Crippen molar-refractivity contribution in [3.05, 3.63) is 46.6 Å². The molecule has 0 saturated carbocycles. The molecule has 0 aliphatic carbocycles. The molecule has 0 bridgehead atoms. The van der Waals surface area contributed by atoms with E-state index >= 15 is 0 Å². The van der Waals surface area contributed by atoms with Crippen LogP contribution in [0, 0.1) is 28.1 Å². The number of nitriles is 2. The Morgan fingerprint density at radius 2 is 1.72 bits per heavy atom. The molecule has 130 valence electrons. The topological polar surface area (TPSA) is 101 Å². The lowest BCUT2D eigenvalue weighted by Gasteiger charge is -2.32. The second-order valence-electron chi connectivity index (χ2n) is 6.64. The van der Waals surface area contributed by atoms with Gasteiger partial charge in [0.25, 0.3) is 0 Å². The molecule has 1 heterocycles. The fourth-order valence-corrected chi connectivity index (χ4v) is 2.81. The number of benzene rings is 1. The van der Waals surface area contributed by atoms with Gasteiger partial charge in [-0.25, -0.2) is 0 Å². The monoisotopic (exact) mass is 339 g/mol. The highest BCUT2D eigenvalue weighted by atomic mass is 16.5. The number of nitrogens with zero attached hydrogens (tertiary/aromatic N) is 2. The van der Waals surface area contributed by atoms with E-state index in [-0.39, 0.29) is 11.5 Å². The second kappa shape index (κ2) is 6.78. The van der Waals surface area contributed by atoms with Gasteiger partial charge < -0.3 is 19.9 Å². The summed E-state index contributed by atoms with van der Waals surface area (Å²) in [6, 6.07) is 9.51. The first-order valence-corrected chi connectivity index (χ1v) is 7.72. The summed E-state index contributed by atoms with van der Waals surface area (Å²) in [6.07, 6.45) is 0. The highest BCUT2D eigenvalue weighted by molar-refractivity contribution is 5.58. The van der Waals surface area contributed by atoms with Crippen LogP contribution in [-0.2, 0) is 4.74 Å². The molecule has 1 aromatic rings. The molecule has 1 atom stereocenters. The Balaban J connectivity index is 2.82. The minimum atomic E-state index is -0.678. The minimum absolute atomic E-state index is 0.00120. The molecular formula is C19H21N3O3. The number of rotatable bonds is 3. The van der Waals surface area contributed by atoms with Gasteiger partial charge in [-0.05, 0) is 18.2 Å². The smallest absolute Gasteiger partial charge is 0.205 e. The molecule has 0 spiro atoms. The van der Waals surface area contributed by atoms with E-state index in [4.69, 9.17) is 19.9 Å². The highest BCUT2D eigenvalue weighted by Crippen LogP contribution is 2.46. The minimum Gasteiger partial charge on any atom is -0.497 e. The molecule has 1 aromatic carbocycles. The zero-order valence-corrected chi connectivity index (χ0v) is 15.0. The zero-order chi connectivity index (χ0) is 18.8. The van der Waals surface area contributed by atoms with Crippen molar-refractivity contribution in [2.75, 3.05) is 14.2 Å². The van der Waals surface area contributed by atoms with Gasteiger partial charge >= 0.3 is 0 Å². The van der Waals surface area contributed by atoms with E-state index in [9.17, 15) is 10.5 Å². The Bertz CT molecular complexity index is 833. The predicted molar refractivity (Wildman–Crippen MR) is 92.3 cm³/mol. The quantitative estimate of drug-likeness (QED) is 0.906. The number of nitrogens with two attached hydrogens (primary N) is 1. The van der Waals surface area contributed by atoms with Gasteiger partial charge in [0.1, 0.15) is 28.9 Å². The maximum atomic E-state index is 9.81. The summed E-state index contributed by atoms with van der Waals surface area (Å²) >= 11 is 0. The lowest BCUT2D eigenvalue weighted by Crippen LogP contribution is -2.26. The van der Waals surface area contributed by atoms with Crippen molar-refractivity contribution >= 4 is 0 Å². The molecule has 25 heavy (non-hydrogen) atoms. The standard InChI is InChI=1S/C19H21N3O3/c1-19(2,3)17-13(9-20)16(14(10-21)18(22)25-17)12-8-11(23-4)6-7-15(12)24-5/h6-8,16H,22H2,1-5H3/t16-/m0/s1. The van der Waals surface area contributed by atoms with Crippen LogP contribution in [0.25, 0.3) is 0 Å². The van der Waals surface area contributed by atoms with Gasteiger partial charge in [-0.1, -0.05) is 20.8 Å². The van der Waals surface area contributed by atoms with Gasteiger partial charge in [0, 0.05) is 11.0 Å². The Morgan fingerprint density at radius 1 is 1.08 bits per heavy atom. The third-order valence-electron chi connectivity index (χ3n) is 3.97. The van der Waals surface area contributed by atoms with E-state index in [0.717, 1.165) is 0 Å². The summed E-state index contributed by atoms with van der Waals surface area (Å²) in [4.78, 5) is 0. The Labute approximate surface area is 147 Å². The molecular weight excluding hydrogens is 318 g/mol. The van der Waals surface area contributed by atoms with Crippen LogP contribution in [0.5, 0.6) is 11.5 Å². The van der Waals surface area contributed by atoms with Crippen LogP contribution in [0.1, 0.15) is 32.3 Å². The summed E-state index contributed by atoms with van der Waals surface area (Å²) < 4.78 is 16.4. The van der Waals surface area contributed by atoms with Crippen molar-refractivity contribution in [1.82, 2.24) is 0 Å². The Morgan fingerprint density at radius 3 is 2.20 bits per heavy atom. The second-order valence-corrected chi connectivity index (χ2v) is 6.64. The summed E-state index contributed by atoms with van der Waals surface area (Å²) in [5.74, 6) is 0.896. The van der Waals surface area contributed by atoms with E-state index in [1.54, 1.807) is 25.3 Å². The third-order valence-corrected chi connectivity index (χ3v) is 3.97. The number of hydrogen-bond acceptors (Lipinski definition) is 6. The molecule has 0 radical (unpaired) electrons. The lowest BCUT2D eigenvalue weighted by atomic mass is 9.78. The molecule has 0 amide bonds. The predicted octanol–water partition coefficient (Wildman–Crippen LogP) is 3.34. The summed E-state index contributed by atoms with van der Waals surface area (Å²) in [5, 5.41) is 19.4. The molecule has 2 N–H and O–H groups in total. The van der Waals surface area contributed by atoms with Crippen LogP contribution in [0.15, 0.2) is 41.0 Å². The third kappa shape index (κ3) is 3.25. The lowest BCUT2D eigenvalue weighted by molar-refractivity contribution is 0.199. The van der Waals surface area contributed by atoms with Gasteiger partial charge in [0.2, 0.25) is 5.88 Å². The van der Waals surface area contributed by atoms with Crippen LogP contribution >= 0.6 is 0 Å². The maximum Gasteiger partial charge on any atom is 0.205 e. The van der Waals surface area contributed by atoms with Gasteiger partial charge in [-0.2, -0.15) is 10.5 Å². The molecule has 2 rings (SSSR count). The number of hydrogen-bond donors (Lipinski definition) is 1. The van der Waals surface area contributed by atoms with Crippen molar-refractivity contribution in [2.24, 2.45) is 11.1 Å². The van der Waals surface area contributed by atoms with Gasteiger partial charge in [-0.3, -0.25) is 0 Å². The van der Waals surface area contributed by atoms with Crippen molar-refractivity contribution in [3.63, 3.8) is 0 Å². The average Bonchev–Trinajstić information content (AvgIpc) is 2.59. The molecule has 1 aliphatic heterocycles. The first kappa shape index (κ1) is 18.2. The van der Waals surface area contributed by atoms with Crippen LogP contribution < -0.4 is 15.2 Å². The van der Waals surface area contributed by atoms with E-state index in [0.29, 0.717) is 28.4 Å². The van der Waals surface area contributed by atoms with Crippen molar-refractivity contribution in [1.29, 1.82) is 10.5 Å². The molecule has 0 unspecified atom stereocenters. The van der Waals surface area contributed by atoms with Gasteiger partial charge in [0.15, 0.2) is 0 Å². The molecule has 6 heteroatoms. The van der Waals surface area contributed by atoms with Crippen LogP contribution in [0.3, 0.4) is 0 Å². The number of allylic oxidation sites excluding steroid dienone is 3. The first-order chi connectivity index (χ1) is 11.8. The zero-order valence-electron chi connectivity index (χ0n) is 15.0. The molecule has 1 aliphatic rings. The molecule has 0 fully saturated rings. The van der Waals surface area contributed by atoms with E-state index < -0.39 is 11.3 Å². The van der Waals surface area contributed by atoms with Crippen molar-refractivity contribution < 1.29 is 14.2 Å². The summed E-state index contributed by atoms with van der Waals surface area (Å²) in [5.41, 5.74) is 6.69. The SMILES string of the molecule is COc1ccc(OC)c([C@@H]2C(C#N)=C(N)OC(C(C)(C)C)=C2C#N)c1. The van der Waals surface area contributed by atoms with Crippen molar-refractivity contribution in [3.8, 4) is 23.6 Å². The normalized spacial score (nSPS) is 17.5. The molecule has 0 aromatic heterocycles. The summed E-state index contributed by atoms with van der Waals surface area (Å²) in [6.45, 7) is 5.76. The Hall–Kier alpha value is -3.12. The molecule has 6 nitrogen and oxygen atoms in total. The highest BCUT2D eigenvalue weighted by Gasteiger charge is 2.38. The van der Waals surface area contributed by atoms with E-state index in [1.807, 2.05) is 20.8 Å². The number of ether oxygens (including phenoxy) is 3. The average molecular weight is 339 g/mol. The van der Waals surface area contributed by atoms with Crippen LogP contribution in [0.2, 0.25) is 0 Å². The summed E-state index contributed by atoms with van der Waals surface area (Å²) in [7, 11) is 3.08. The fraction of sp³-hybridized carbons (Fsp3) is 0.368. The first-order valence-electron chi connectivity index (χ1n) is 7.72. The van der Waals surface area contributed by atoms with Gasteiger partial charge in [0.05, 0.1) is 31.8 Å².